The number of fused-ring (bicyclic) bond motifs is 1. The van der Waals surface area contributed by atoms with Crippen molar-refractivity contribution in [2.45, 2.75) is 25.7 Å². The first-order chi connectivity index (χ1) is 10.7. The van der Waals surface area contributed by atoms with E-state index in [9.17, 15) is 9.59 Å². The number of para-hydroxylation sites is 1. The van der Waals surface area contributed by atoms with Gasteiger partial charge in [0, 0.05) is 19.4 Å². The molecule has 0 bridgehead atoms. The van der Waals surface area contributed by atoms with E-state index in [1.54, 1.807) is 6.07 Å². The summed E-state index contributed by atoms with van der Waals surface area (Å²) < 4.78 is 0. The van der Waals surface area contributed by atoms with Crippen LogP contribution < -0.4 is 16.2 Å². The predicted molar refractivity (Wildman–Crippen MR) is 94.1 cm³/mol. The third-order valence-corrected chi connectivity index (χ3v) is 3.41. The molecule has 0 radical (unpaired) electrons. The number of hydrogen-bond acceptors (Lipinski definition) is 4. The highest BCUT2D eigenvalue weighted by Gasteiger charge is 2.05. The van der Waals surface area contributed by atoms with Crippen molar-refractivity contribution in [3.8, 4) is 0 Å². The molecule has 0 saturated carbocycles. The number of aromatic amines is 1. The van der Waals surface area contributed by atoms with Crippen LogP contribution in [0.15, 0.2) is 29.1 Å². The number of hydrogen-bond donors (Lipinski definition) is 3. The number of nitrogens with zero attached hydrogens (tertiary/aromatic N) is 1. The molecule has 0 fully saturated rings. The van der Waals surface area contributed by atoms with Crippen LogP contribution in [0.3, 0.4) is 0 Å². The van der Waals surface area contributed by atoms with Crippen LogP contribution in [-0.2, 0) is 11.2 Å². The van der Waals surface area contributed by atoms with Gasteiger partial charge in [-0.15, -0.1) is 12.4 Å². The fourth-order valence-corrected chi connectivity index (χ4v) is 2.25. The number of aromatic nitrogens is 2. The standard InChI is InChI=1S/C16H22N4O2.ClH/c1-17-10-5-11-18-15(21)9-4-8-14-19-13-7-3-2-6-12(13)16(22)20-14;/h2-3,6-7,17H,4-5,8-11H2,1H3,(H,18,21)(H,19,20,22);1H. The van der Waals surface area contributed by atoms with Crippen molar-refractivity contribution in [3.63, 3.8) is 0 Å². The highest BCUT2D eigenvalue weighted by atomic mass is 35.5. The third-order valence-electron chi connectivity index (χ3n) is 3.41. The van der Waals surface area contributed by atoms with Crippen molar-refractivity contribution in [1.82, 2.24) is 20.6 Å². The Hall–Kier alpha value is -1.92. The second-order valence-electron chi connectivity index (χ2n) is 5.19. The van der Waals surface area contributed by atoms with E-state index < -0.39 is 0 Å². The molecule has 0 unspecified atom stereocenters. The molecule has 0 aliphatic carbocycles. The van der Waals surface area contributed by atoms with E-state index in [1.165, 1.54) is 0 Å². The number of carbonyl (C=O) groups is 1. The molecule has 1 heterocycles. The van der Waals surface area contributed by atoms with Crippen molar-refractivity contribution < 1.29 is 4.79 Å². The fraction of sp³-hybridized carbons (Fsp3) is 0.438. The van der Waals surface area contributed by atoms with E-state index in [0.29, 0.717) is 42.5 Å². The van der Waals surface area contributed by atoms with Gasteiger partial charge in [-0.25, -0.2) is 4.98 Å². The Kier molecular flexibility index (Phi) is 8.29. The summed E-state index contributed by atoms with van der Waals surface area (Å²) in [4.78, 5) is 30.8. The molecule has 0 aliphatic heterocycles. The van der Waals surface area contributed by atoms with Crippen LogP contribution in [-0.4, -0.2) is 36.0 Å². The van der Waals surface area contributed by atoms with Gasteiger partial charge in [-0.05, 0) is 38.6 Å². The number of nitrogens with one attached hydrogen (secondary N) is 3. The molecule has 0 saturated heterocycles. The lowest BCUT2D eigenvalue weighted by molar-refractivity contribution is -0.121. The maximum absolute atomic E-state index is 11.9. The molecule has 0 aliphatic rings. The summed E-state index contributed by atoms with van der Waals surface area (Å²) in [5.74, 6) is 0.672. The van der Waals surface area contributed by atoms with Crippen molar-refractivity contribution in [2.75, 3.05) is 20.1 Å². The predicted octanol–water partition coefficient (Wildman–Crippen LogP) is 1.39. The third kappa shape index (κ3) is 6.00. The zero-order chi connectivity index (χ0) is 15.8. The summed E-state index contributed by atoms with van der Waals surface area (Å²) in [5.41, 5.74) is 0.565. The molecule has 1 aromatic heterocycles. The summed E-state index contributed by atoms with van der Waals surface area (Å²) in [6.07, 6.45) is 2.61. The van der Waals surface area contributed by atoms with Gasteiger partial charge >= 0.3 is 0 Å². The first kappa shape index (κ1) is 19.1. The molecule has 126 valence electrons. The molecular weight excluding hydrogens is 316 g/mol. The van der Waals surface area contributed by atoms with Gasteiger partial charge in [0.1, 0.15) is 5.82 Å². The molecule has 23 heavy (non-hydrogen) atoms. The molecule has 2 rings (SSSR count). The molecule has 2 aromatic rings. The molecule has 6 nitrogen and oxygen atoms in total. The summed E-state index contributed by atoms with van der Waals surface area (Å²) in [7, 11) is 1.89. The highest BCUT2D eigenvalue weighted by molar-refractivity contribution is 5.85. The summed E-state index contributed by atoms with van der Waals surface area (Å²) in [6, 6.07) is 7.25. The summed E-state index contributed by atoms with van der Waals surface area (Å²) >= 11 is 0. The van der Waals surface area contributed by atoms with Gasteiger partial charge in [-0.2, -0.15) is 0 Å². The Bertz CT molecular complexity index is 687. The SMILES string of the molecule is CNCCCNC(=O)CCCc1nc2ccccc2c(=O)[nH]1.Cl. The van der Waals surface area contributed by atoms with E-state index in [2.05, 4.69) is 20.6 Å². The smallest absolute Gasteiger partial charge is 0.258 e. The van der Waals surface area contributed by atoms with E-state index in [4.69, 9.17) is 0 Å². The molecule has 1 aromatic carbocycles. The van der Waals surface area contributed by atoms with Gasteiger partial charge in [-0.1, -0.05) is 12.1 Å². The van der Waals surface area contributed by atoms with Crippen LogP contribution in [0.4, 0.5) is 0 Å². The number of rotatable bonds is 8. The number of aryl methyl sites for hydroxylation is 1. The number of H-pyrrole nitrogens is 1. The Balaban J connectivity index is 0.00000264. The zero-order valence-corrected chi connectivity index (χ0v) is 14.0. The minimum atomic E-state index is -0.128. The average Bonchev–Trinajstić information content (AvgIpc) is 2.52. The summed E-state index contributed by atoms with van der Waals surface area (Å²) in [5, 5.41) is 6.50. The van der Waals surface area contributed by atoms with Gasteiger partial charge in [0.05, 0.1) is 10.9 Å². The number of amides is 1. The van der Waals surface area contributed by atoms with Gasteiger partial charge in [0.2, 0.25) is 5.91 Å². The Morgan fingerprint density at radius 1 is 1.22 bits per heavy atom. The molecular formula is C16H23ClN4O2. The molecule has 7 heteroatoms. The van der Waals surface area contributed by atoms with Crippen LogP contribution >= 0.6 is 12.4 Å². The number of benzene rings is 1. The minimum Gasteiger partial charge on any atom is -0.356 e. The lowest BCUT2D eigenvalue weighted by Gasteiger charge is -2.05. The zero-order valence-electron chi connectivity index (χ0n) is 13.2. The van der Waals surface area contributed by atoms with Gasteiger partial charge in [-0.3, -0.25) is 9.59 Å². The van der Waals surface area contributed by atoms with Crippen molar-refractivity contribution in [2.24, 2.45) is 0 Å². The fourth-order valence-electron chi connectivity index (χ4n) is 2.25. The highest BCUT2D eigenvalue weighted by Crippen LogP contribution is 2.07. The van der Waals surface area contributed by atoms with Crippen molar-refractivity contribution >= 4 is 29.2 Å². The van der Waals surface area contributed by atoms with Gasteiger partial charge < -0.3 is 15.6 Å². The van der Waals surface area contributed by atoms with Gasteiger partial charge in [0.25, 0.3) is 5.56 Å². The first-order valence-electron chi connectivity index (χ1n) is 7.60. The largest absolute Gasteiger partial charge is 0.356 e. The van der Waals surface area contributed by atoms with E-state index >= 15 is 0 Å². The average molecular weight is 339 g/mol. The van der Waals surface area contributed by atoms with Crippen LogP contribution in [0.5, 0.6) is 0 Å². The quantitative estimate of drug-likeness (QED) is 0.635. The lowest BCUT2D eigenvalue weighted by atomic mass is 10.2. The van der Waals surface area contributed by atoms with E-state index in [-0.39, 0.29) is 23.9 Å². The molecule has 1 amide bonds. The first-order valence-corrected chi connectivity index (χ1v) is 7.60. The number of carbonyl (C=O) groups excluding carboxylic acids is 1. The topological polar surface area (TPSA) is 86.9 Å². The van der Waals surface area contributed by atoms with Crippen LogP contribution in [0.25, 0.3) is 10.9 Å². The molecule has 0 spiro atoms. The van der Waals surface area contributed by atoms with Crippen molar-refractivity contribution in [3.05, 3.63) is 40.4 Å². The Labute approximate surface area is 141 Å². The maximum atomic E-state index is 11.9. The monoisotopic (exact) mass is 338 g/mol. The molecule has 3 N–H and O–H groups in total. The maximum Gasteiger partial charge on any atom is 0.258 e. The van der Waals surface area contributed by atoms with Crippen LogP contribution in [0.2, 0.25) is 0 Å². The second kappa shape index (κ2) is 9.97. The van der Waals surface area contributed by atoms with E-state index in [0.717, 1.165) is 13.0 Å². The molecule has 0 atom stereocenters. The Morgan fingerprint density at radius 3 is 2.78 bits per heavy atom. The second-order valence-corrected chi connectivity index (χ2v) is 5.19. The Morgan fingerprint density at radius 2 is 2.00 bits per heavy atom. The minimum absolute atomic E-state index is 0. The normalized spacial score (nSPS) is 10.3. The van der Waals surface area contributed by atoms with Crippen LogP contribution in [0, 0.1) is 0 Å². The van der Waals surface area contributed by atoms with Crippen LogP contribution in [0.1, 0.15) is 25.1 Å². The van der Waals surface area contributed by atoms with Gasteiger partial charge in [0.15, 0.2) is 0 Å². The number of halogens is 1. The lowest BCUT2D eigenvalue weighted by Crippen LogP contribution is -2.26. The van der Waals surface area contributed by atoms with Crippen molar-refractivity contribution in [1.29, 1.82) is 0 Å². The summed E-state index contributed by atoms with van der Waals surface area (Å²) in [6.45, 7) is 1.58. The van der Waals surface area contributed by atoms with E-state index in [1.807, 2.05) is 25.2 Å².